The van der Waals surface area contributed by atoms with Crippen LogP contribution < -0.4 is 0 Å². The topological polar surface area (TPSA) is 66.8 Å². The Labute approximate surface area is 103 Å². The first-order valence-corrected chi connectivity index (χ1v) is 5.79. The number of carbonyl (C=O) groups excluding carboxylic acids is 1. The second-order valence-electron chi connectivity index (χ2n) is 4.81. The van der Waals surface area contributed by atoms with Crippen molar-refractivity contribution in [3.8, 4) is 0 Å². The van der Waals surface area contributed by atoms with Crippen molar-refractivity contribution in [3.05, 3.63) is 0 Å². The predicted octanol–water partition coefficient (Wildman–Crippen LogP) is 1.37. The Morgan fingerprint density at radius 3 is 2.29 bits per heavy atom. The zero-order chi connectivity index (χ0) is 13.6. The smallest absolute Gasteiger partial charge is 0.308 e. The van der Waals surface area contributed by atoms with Crippen molar-refractivity contribution in [2.45, 2.75) is 39.7 Å². The van der Waals surface area contributed by atoms with Crippen LogP contribution in [-0.4, -0.2) is 47.7 Å². The average molecular weight is 245 g/mol. The Morgan fingerprint density at radius 1 is 1.41 bits per heavy atom. The molecule has 17 heavy (non-hydrogen) atoms. The molecule has 0 heterocycles. The minimum absolute atomic E-state index is 0.0764. The van der Waals surface area contributed by atoms with E-state index in [1.165, 1.54) is 0 Å². The van der Waals surface area contributed by atoms with Gasteiger partial charge in [0.25, 0.3) is 0 Å². The highest BCUT2D eigenvalue weighted by Gasteiger charge is 2.26. The summed E-state index contributed by atoms with van der Waals surface area (Å²) < 4.78 is 5.19. The third-order valence-corrected chi connectivity index (χ3v) is 2.78. The Kier molecular flexibility index (Phi) is 6.16. The highest BCUT2D eigenvalue weighted by molar-refractivity contribution is 5.78. The molecular weight excluding hydrogens is 222 g/mol. The van der Waals surface area contributed by atoms with Crippen LogP contribution in [0.2, 0.25) is 0 Å². The summed E-state index contributed by atoms with van der Waals surface area (Å²) in [4.78, 5) is 24.3. The predicted molar refractivity (Wildman–Crippen MR) is 64.8 cm³/mol. The number of ether oxygens (including phenoxy) is 1. The summed E-state index contributed by atoms with van der Waals surface area (Å²) in [5.74, 6) is -1.51. The zero-order valence-corrected chi connectivity index (χ0v) is 11.3. The van der Waals surface area contributed by atoms with Gasteiger partial charge in [0.05, 0.1) is 17.9 Å². The van der Waals surface area contributed by atoms with Crippen molar-refractivity contribution in [1.82, 2.24) is 4.90 Å². The summed E-state index contributed by atoms with van der Waals surface area (Å²) in [6.45, 7) is 7.85. The maximum absolute atomic E-state index is 12.0. The molecule has 1 amide bonds. The lowest BCUT2D eigenvalue weighted by atomic mass is 10.0. The fourth-order valence-corrected chi connectivity index (χ4v) is 1.36. The van der Waals surface area contributed by atoms with Gasteiger partial charge in [-0.15, -0.1) is 0 Å². The quantitative estimate of drug-likeness (QED) is 0.735. The second kappa shape index (κ2) is 6.59. The third kappa shape index (κ3) is 5.68. The Balaban J connectivity index is 4.46. The third-order valence-electron chi connectivity index (χ3n) is 2.78. The minimum Gasteiger partial charge on any atom is -0.481 e. The van der Waals surface area contributed by atoms with Crippen molar-refractivity contribution >= 4 is 11.9 Å². The van der Waals surface area contributed by atoms with E-state index in [4.69, 9.17) is 9.84 Å². The molecule has 0 aromatic heterocycles. The van der Waals surface area contributed by atoms with E-state index in [0.717, 1.165) is 0 Å². The molecule has 0 aliphatic carbocycles. The first kappa shape index (κ1) is 15.9. The average Bonchev–Trinajstić information content (AvgIpc) is 2.24. The SMILES string of the molecule is CCN(CC(C)C(=O)O)C(=O)CC(C)(C)OC. The van der Waals surface area contributed by atoms with Crippen molar-refractivity contribution in [2.75, 3.05) is 20.2 Å². The number of aliphatic carboxylic acids is 1. The van der Waals surface area contributed by atoms with Crippen molar-refractivity contribution < 1.29 is 19.4 Å². The minimum atomic E-state index is -0.887. The van der Waals surface area contributed by atoms with Crippen LogP contribution in [0.3, 0.4) is 0 Å². The summed E-state index contributed by atoms with van der Waals surface area (Å²) in [5, 5.41) is 8.82. The van der Waals surface area contributed by atoms with Gasteiger partial charge in [-0.25, -0.2) is 0 Å². The van der Waals surface area contributed by atoms with Crippen LogP contribution in [0, 0.1) is 5.92 Å². The molecule has 1 N–H and O–H groups in total. The molecule has 0 saturated carbocycles. The molecule has 1 unspecified atom stereocenters. The molecule has 0 aliphatic rings. The Bertz CT molecular complexity index is 276. The molecule has 0 aromatic carbocycles. The van der Waals surface area contributed by atoms with Crippen molar-refractivity contribution in [2.24, 2.45) is 5.92 Å². The van der Waals surface area contributed by atoms with Crippen LogP contribution in [0.1, 0.15) is 34.1 Å². The summed E-state index contributed by atoms with van der Waals surface area (Å²) in [6, 6.07) is 0. The largest absolute Gasteiger partial charge is 0.481 e. The maximum Gasteiger partial charge on any atom is 0.308 e. The molecule has 0 aliphatic heterocycles. The van der Waals surface area contributed by atoms with Gasteiger partial charge in [-0.1, -0.05) is 6.92 Å². The molecule has 1 atom stereocenters. The molecule has 0 spiro atoms. The lowest BCUT2D eigenvalue weighted by molar-refractivity contribution is -0.144. The van der Waals surface area contributed by atoms with Crippen LogP contribution >= 0.6 is 0 Å². The summed E-state index contributed by atoms with van der Waals surface area (Å²) in [7, 11) is 1.56. The van der Waals surface area contributed by atoms with Crippen LogP contribution in [0.25, 0.3) is 0 Å². The number of carboxylic acid groups (broad SMARTS) is 1. The molecule has 0 rings (SSSR count). The van der Waals surface area contributed by atoms with E-state index in [1.807, 2.05) is 20.8 Å². The van der Waals surface area contributed by atoms with Gasteiger partial charge in [0.2, 0.25) is 5.91 Å². The first-order valence-electron chi connectivity index (χ1n) is 5.79. The molecular formula is C12H23NO4. The normalized spacial score (nSPS) is 13.2. The van der Waals surface area contributed by atoms with Gasteiger partial charge >= 0.3 is 5.97 Å². The number of rotatable bonds is 7. The van der Waals surface area contributed by atoms with Gasteiger partial charge in [-0.2, -0.15) is 0 Å². The number of hydrogen-bond donors (Lipinski definition) is 1. The standard InChI is InChI=1S/C12H23NO4/c1-6-13(8-9(2)11(15)16)10(14)7-12(3,4)17-5/h9H,6-8H2,1-5H3,(H,15,16). The monoisotopic (exact) mass is 245 g/mol. The van der Waals surface area contributed by atoms with E-state index in [2.05, 4.69) is 0 Å². The molecule has 0 saturated heterocycles. The Hall–Kier alpha value is -1.10. The van der Waals surface area contributed by atoms with Gasteiger partial charge in [-0.05, 0) is 20.8 Å². The Morgan fingerprint density at radius 2 is 1.94 bits per heavy atom. The molecule has 0 aromatic rings. The van der Waals surface area contributed by atoms with E-state index in [-0.39, 0.29) is 18.9 Å². The number of carbonyl (C=O) groups is 2. The summed E-state index contributed by atoms with van der Waals surface area (Å²) >= 11 is 0. The lowest BCUT2D eigenvalue weighted by Gasteiger charge is -2.28. The number of amides is 1. The van der Waals surface area contributed by atoms with Gasteiger partial charge in [0, 0.05) is 20.2 Å². The molecule has 0 radical (unpaired) electrons. The van der Waals surface area contributed by atoms with E-state index in [1.54, 1.807) is 18.9 Å². The molecule has 100 valence electrons. The fraction of sp³-hybridized carbons (Fsp3) is 0.833. The molecule has 0 fully saturated rings. The number of carboxylic acids is 1. The van der Waals surface area contributed by atoms with Crippen LogP contribution in [0.5, 0.6) is 0 Å². The second-order valence-corrected chi connectivity index (χ2v) is 4.81. The van der Waals surface area contributed by atoms with E-state index in [9.17, 15) is 9.59 Å². The first-order chi connectivity index (χ1) is 7.73. The van der Waals surface area contributed by atoms with Crippen molar-refractivity contribution in [1.29, 1.82) is 0 Å². The summed E-state index contributed by atoms with van der Waals surface area (Å²) in [5.41, 5.74) is -0.517. The fourth-order valence-electron chi connectivity index (χ4n) is 1.36. The van der Waals surface area contributed by atoms with Crippen LogP contribution in [0.15, 0.2) is 0 Å². The van der Waals surface area contributed by atoms with Crippen LogP contribution in [0.4, 0.5) is 0 Å². The van der Waals surface area contributed by atoms with Gasteiger partial charge in [-0.3, -0.25) is 9.59 Å². The summed E-state index contributed by atoms with van der Waals surface area (Å²) in [6.07, 6.45) is 0.254. The van der Waals surface area contributed by atoms with E-state index < -0.39 is 17.5 Å². The van der Waals surface area contributed by atoms with Crippen LogP contribution in [-0.2, 0) is 14.3 Å². The highest BCUT2D eigenvalue weighted by atomic mass is 16.5. The zero-order valence-electron chi connectivity index (χ0n) is 11.3. The number of hydrogen-bond acceptors (Lipinski definition) is 3. The van der Waals surface area contributed by atoms with Gasteiger partial charge in [0.15, 0.2) is 0 Å². The number of nitrogens with zero attached hydrogens (tertiary/aromatic N) is 1. The maximum atomic E-state index is 12.0. The van der Waals surface area contributed by atoms with Gasteiger partial charge < -0.3 is 14.7 Å². The molecule has 0 bridgehead atoms. The highest BCUT2D eigenvalue weighted by Crippen LogP contribution is 2.15. The van der Waals surface area contributed by atoms with E-state index in [0.29, 0.717) is 6.54 Å². The van der Waals surface area contributed by atoms with Gasteiger partial charge in [0.1, 0.15) is 0 Å². The lowest BCUT2D eigenvalue weighted by Crippen LogP contribution is -2.40. The molecule has 5 nitrogen and oxygen atoms in total. The van der Waals surface area contributed by atoms with Crippen molar-refractivity contribution in [3.63, 3.8) is 0 Å². The number of methoxy groups -OCH3 is 1. The van der Waals surface area contributed by atoms with E-state index >= 15 is 0 Å². The molecule has 5 heteroatoms.